The highest BCUT2D eigenvalue weighted by molar-refractivity contribution is 5.75. The predicted molar refractivity (Wildman–Crippen MR) is 63.3 cm³/mol. The molecular formula is C11H20N4O2. The molecule has 0 aliphatic rings. The van der Waals surface area contributed by atoms with Gasteiger partial charge in [-0.3, -0.25) is 4.79 Å². The molecule has 2 N–H and O–H groups in total. The van der Waals surface area contributed by atoms with Crippen LogP contribution in [0.25, 0.3) is 0 Å². The van der Waals surface area contributed by atoms with Crippen LogP contribution in [-0.4, -0.2) is 28.6 Å². The van der Waals surface area contributed by atoms with Gasteiger partial charge in [0, 0.05) is 12.5 Å². The fourth-order valence-electron chi connectivity index (χ4n) is 1.31. The summed E-state index contributed by atoms with van der Waals surface area (Å²) >= 11 is 0. The number of nitrogens with one attached hydrogen (secondary N) is 2. The van der Waals surface area contributed by atoms with Crippen LogP contribution in [0.1, 0.15) is 38.4 Å². The highest BCUT2D eigenvalue weighted by Gasteiger charge is 2.05. The van der Waals surface area contributed by atoms with Crippen LogP contribution in [0.5, 0.6) is 0 Å². The average Bonchev–Trinajstić information content (AvgIpc) is 2.67. The molecule has 1 aromatic rings. The third-order valence-corrected chi connectivity index (χ3v) is 2.14. The summed E-state index contributed by atoms with van der Waals surface area (Å²) in [6, 6.07) is 0.458. The van der Waals surface area contributed by atoms with E-state index >= 15 is 0 Å². The van der Waals surface area contributed by atoms with E-state index in [0.29, 0.717) is 30.7 Å². The number of amides is 1. The molecular weight excluding hydrogens is 220 g/mol. The molecule has 6 nitrogen and oxygen atoms in total. The summed E-state index contributed by atoms with van der Waals surface area (Å²) in [5, 5.41) is 9.64. The molecule has 0 saturated heterocycles. The first kappa shape index (κ1) is 13.6. The van der Waals surface area contributed by atoms with E-state index in [1.54, 1.807) is 6.92 Å². The maximum absolute atomic E-state index is 11.4. The summed E-state index contributed by atoms with van der Waals surface area (Å²) in [5.41, 5.74) is 0. The predicted octanol–water partition coefficient (Wildman–Crippen LogP) is 0.772. The van der Waals surface area contributed by atoms with Gasteiger partial charge in [-0.2, -0.15) is 4.98 Å². The van der Waals surface area contributed by atoms with Crippen molar-refractivity contribution in [2.75, 3.05) is 6.54 Å². The summed E-state index contributed by atoms with van der Waals surface area (Å²) in [6.07, 6.45) is 1.33. The van der Waals surface area contributed by atoms with Crippen molar-refractivity contribution >= 4 is 5.91 Å². The Bertz CT molecular complexity index is 349. The topological polar surface area (TPSA) is 80.0 Å². The van der Waals surface area contributed by atoms with Crippen molar-refractivity contribution in [1.29, 1.82) is 0 Å². The highest BCUT2D eigenvalue weighted by Crippen LogP contribution is 1.95. The molecule has 6 heteroatoms. The molecule has 0 aromatic carbocycles. The second kappa shape index (κ2) is 7.01. The Hall–Kier alpha value is -1.43. The molecule has 1 amide bonds. The molecule has 1 heterocycles. The maximum atomic E-state index is 11.4. The van der Waals surface area contributed by atoms with Crippen LogP contribution < -0.4 is 10.6 Å². The van der Waals surface area contributed by atoms with Crippen molar-refractivity contribution in [2.45, 2.75) is 46.2 Å². The zero-order chi connectivity index (χ0) is 12.7. The minimum absolute atomic E-state index is 0.00593. The quantitative estimate of drug-likeness (QED) is 0.688. The number of rotatable bonds is 7. The molecule has 0 bridgehead atoms. The maximum Gasteiger partial charge on any atom is 0.246 e. The van der Waals surface area contributed by atoms with E-state index in [4.69, 9.17) is 4.52 Å². The van der Waals surface area contributed by atoms with E-state index in [2.05, 4.69) is 34.6 Å². The molecule has 0 fully saturated rings. The van der Waals surface area contributed by atoms with Crippen LogP contribution in [0.15, 0.2) is 4.52 Å². The van der Waals surface area contributed by atoms with Gasteiger partial charge in [-0.25, -0.2) is 0 Å². The fraction of sp³-hybridized carbons (Fsp3) is 0.727. The Balaban J connectivity index is 2.09. The molecule has 96 valence electrons. The lowest BCUT2D eigenvalue weighted by atomic mass is 10.2. The lowest BCUT2D eigenvalue weighted by Gasteiger charge is -2.07. The molecule has 0 radical (unpaired) electrons. The summed E-state index contributed by atoms with van der Waals surface area (Å²) in [4.78, 5) is 15.4. The third-order valence-electron chi connectivity index (χ3n) is 2.14. The van der Waals surface area contributed by atoms with Gasteiger partial charge in [-0.1, -0.05) is 19.0 Å². The standard InChI is InChI=1S/C11H20N4O2/c1-8(2)12-6-4-5-10(16)13-7-11-14-9(3)15-17-11/h8,12H,4-7H2,1-3H3,(H,13,16). The smallest absolute Gasteiger partial charge is 0.246 e. The summed E-state index contributed by atoms with van der Waals surface area (Å²) in [6.45, 7) is 7.06. The zero-order valence-electron chi connectivity index (χ0n) is 10.6. The lowest BCUT2D eigenvalue weighted by Crippen LogP contribution is -2.27. The molecule has 0 unspecified atom stereocenters. The van der Waals surface area contributed by atoms with E-state index in [1.165, 1.54) is 0 Å². The van der Waals surface area contributed by atoms with Crippen LogP contribution in [0.2, 0.25) is 0 Å². The van der Waals surface area contributed by atoms with Gasteiger partial charge in [-0.15, -0.1) is 0 Å². The van der Waals surface area contributed by atoms with Crippen LogP contribution in [-0.2, 0) is 11.3 Å². The van der Waals surface area contributed by atoms with Crippen LogP contribution in [0, 0.1) is 6.92 Å². The van der Waals surface area contributed by atoms with Gasteiger partial charge in [0.15, 0.2) is 5.82 Å². The lowest BCUT2D eigenvalue weighted by molar-refractivity contribution is -0.121. The van der Waals surface area contributed by atoms with Gasteiger partial charge >= 0.3 is 0 Å². The SMILES string of the molecule is Cc1noc(CNC(=O)CCCNC(C)C)n1. The van der Waals surface area contributed by atoms with E-state index in [9.17, 15) is 4.79 Å². The van der Waals surface area contributed by atoms with Gasteiger partial charge < -0.3 is 15.2 Å². The number of nitrogens with zero attached hydrogens (tertiary/aromatic N) is 2. The minimum Gasteiger partial charge on any atom is -0.347 e. The Kier molecular flexibility index (Phi) is 5.62. The molecule has 0 atom stereocenters. The normalized spacial score (nSPS) is 10.8. The number of hydrogen-bond acceptors (Lipinski definition) is 5. The van der Waals surface area contributed by atoms with Crippen molar-refractivity contribution in [3.63, 3.8) is 0 Å². The van der Waals surface area contributed by atoms with Crippen LogP contribution in [0.4, 0.5) is 0 Å². The number of aryl methyl sites for hydroxylation is 1. The molecule has 1 rings (SSSR count). The first-order valence-corrected chi connectivity index (χ1v) is 5.87. The van der Waals surface area contributed by atoms with Crippen molar-refractivity contribution in [1.82, 2.24) is 20.8 Å². The Morgan fingerprint density at radius 3 is 2.82 bits per heavy atom. The highest BCUT2D eigenvalue weighted by atomic mass is 16.5. The number of aromatic nitrogens is 2. The number of carbonyl (C=O) groups is 1. The van der Waals surface area contributed by atoms with Crippen molar-refractivity contribution in [2.24, 2.45) is 0 Å². The summed E-state index contributed by atoms with van der Waals surface area (Å²) < 4.78 is 4.88. The molecule has 0 spiro atoms. The van der Waals surface area contributed by atoms with Crippen molar-refractivity contribution in [3.05, 3.63) is 11.7 Å². The van der Waals surface area contributed by atoms with Gasteiger partial charge in [0.05, 0.1) is 6.54 Å². The van der Waals surface area contributed by atoms with Gasteiger partial charge in [0.25, 0.3) is 0 Å². The molecule has 1 aromatic heterocycles. The Labute approximate surface area is 101 Å². The summed E-state index contributed by atoms with van der Waals surface area (Å²) in [7, 11) is 0. The fourth-order valence-corrected chi connectivity index (χ4v) is 1.31. The Morgan fingerprint density at radius 1 is 1.47 bits per heavy atom. The van der Waals surface area contributed by atoms with Crippen LogP contribution in [0.3, 0.4) is 0 Å². The van der Waals surface area contributed by atoms with E-state index in [1.807, 2.05) is 0 Å². The second-order valence-electron chi connectivity index (χ2n) is 4.22. The Morgan fingerprint density at radius 2 is 2.24 bits per heavy atom. The second-order valence-corrected chi connectivity index (χ2v) is 4.22. The molecule has 0 saturated carbocycles. The van der Waals surface area contributed by atoms with E-state index in [0.717, 1.165) is 13.0 Å². The van der Waals surface area contributed by atoms with Gasteiger partial charge in [0.2, 0.25) is 11.8 Å². The number of carbonyl (C=O) groups excluding carboxylic acids is 1. The average molecular weight is 240 g/mol. The molecule has 0 aliphatic carbocycles. The largest absolute Gasteiger partial charge is 0.347 e. The first-order valence-electron chi connectivity index (χ1n) is 5.87. The summed E-state index contributed by atoms with van der Waals surface area (Å²) in [5.74, 6) is 1.03. The van der Waals surface area contributed by atoms with Crippen molar-refractivity contribution < 1.29 is 9.32 Å². The number of hydrogen-bond donors (Lipinski definition) is 2. The van der Waals surface area contributed by atoms with Crippen LogP contribution >= 0.6 is 0 Å². The molecule has 17 heavy (non-hydrogen) atoms. The van der Waals surface area contributed by atoms with E-state index < -0.39 is 0 Å². The first-order chi connectivity index (χ1) is 8.08. The van der Waals surface area contributed by atoms with Gasteiger partial charge in [0.1, 0.15) is 0 Å². The minimum atomic E-state index is 0.00593. The monoisotopic (exact) mass is 240 g/mol. The van der Waals surface area contributed by atoms with Gasteiger partial charge in [-0.05, 0) is 19.9 Å². The zero-order valence-corrected chi connectivity index (χ0v) is 10.6. The third kappa shape index (κ3) is 6.01. The molecule has 0 aliphatic heterocycles. The van der Waals surface area contributed by atoms with E-state index in [-0.39, 0.29) is 5.91 Å². The van der Waals surface area contributed by atoms with Crippen molar-refractivity contribution in [3.8, 4) is 0 Å².